The number of nitrogens with one attached hydrogen (secondary N) is 1. The second-order valence-corrected chi connectivity index (χ2v) is 6.04. The van der Waals surface area contributed by atoms with Gasteiger partial charge in [-0.1, -0.05) is 47.8 Å². The molecule has 118 valence electrons. The fourth-order valence-corrected chi connectivity index (χ4v) is 2.91. The minimum absolute atomic E-state index is 0.0707. The largest absolute Gasteiger partial charge is 0.360 e. The van der Waals surface area contributed by atoms with E-state index in [4.69, 9.17) is 27.7 Å². The van der Waals surface area contributed by atoms with E-state index in [-0.39, 0.29) is 11.9 Å². The molecule has 0 aliphatic carbocycles. The maximum atomic E-state index is 12.5. The van der Waals surface area contributed by atoms with Crippen LogP contribution in [-0.2, 0) is 0 Å². The number of amides is 1. The summed E-state index contributed by atoms with van der Waals surface area (Å²) in [4.78, 5) is 12.5. The zero-order chi connectivity index (χ0) is 16.3. The highest BCUT2D eigenvalue weighted by Gasteiger charge is 2.25. The highest BCUT2D eigenvalue weighted by Crippen LogP contribution is 2.36. The minimum Gasteiger partial charge on any atom is -0.360 e. The number of benzene rings is 1. The number of carbonyl (C=O) groups is 1. The molecule has 0 saturated carbocycles. The average Bonchev–Trinajstić information content (AvgIpc) is 2.80. The molecule has 4 nitrogen and oxygen atoms in total. The summed E-state index contributed by atoms with van der Waals surface area (Å²) in [6, 6.07) is 5.22. The molecular weight excluding hydrogens is 323 g/mol. The van der Waals surface area contributed by atoms with E-state index in [9.17, 15) is 4.79 Å². The van der Waals surface area contributed by atoms with Gasteiger partial charge >= 0.3 is 0 Å². The van der Waals surface area contributed by atoms with Gasteiger partial charge in [-0.25, -0.2) is 0 Å². The molecule has 1 aromatic carbocycles. The molecule has 1 N–H and O–H groups in total. The molecule has 0 aliphatic heterocycles. The van der Waals surface area contributed by atoms with Crippen LogP contribution in [0.15, 0.2) is 22.7 Å². The summed E-state index contributed by atoms with van der Waals surface area (Å²) in [7, 11) is 0. The Hall–Kier alpha value is -1.52. The number of halogens is 2. The van der Waals surface area contributed by atoms with E-state index in [1.165, 1.54) is 0 Å². The predicted molar refractivity (Wildman–Crippen MR) is 88.5 cm³/mol. The Bertz CT molecular complexity index is 663. The van der Waals surface area contributed by atoms with Crippen LogP contribution >= 0.6 is 23.2 Å². The van der Waals surface area contributed by atoms with Crippen molar-refractivity contribution in [3.63, 3.8) is 0 Å². The third-order valence-electron chi connectivity index (χ3n) is 3.39. The lowest BCUT2D eigenvalue weighted by atomic mass is 10.0. The molecule has 2 rings (SSSR count). The number of rotatable bonds is 5. The monoisotopic (exact) mass is 340 g/mol. The fourth-order valence-electron chi connectivity index (χ4n) is 2.34. The van der Waals surface area contributed by atoms with Crippen LogP contribution in [0, 0.1) is 6.92 Å². The van der Waals surface area contributed by atoms with E-state index in [2.05, 4.69) is 17.4 Å². The van der Waals surface area contributed by atoms with Gasteiger partial charge in [0.05, 0.1) is 10.0 Å². The highest BCUT2D eigenvalue weighted by atomic mass is 35.5. The summed E-state index contributed by atoms with van der Waals surface area (Å²) < 4.78 is 5.19. The first-order valence-corrected chi connectivity index (χ1v) is 7.92. The quantitative estimate of drug-likeness (QED) is 0.844. The summed E-state index contributed by atoms with van der Waals surface area (Å²) in [6.45, 7) is 5.73. The van der Waals surface area contributed by atoms with E-state index in [1.807, 2.05) is 6.92 Å². The topological polar surface area (TPSA) is 55.1 Å². The minimum atomic E-state index is -0.231. The number of aromatic nitrogens is 1. The highest BCUT2D eigenvalue weighted by molar-refractivity contribution is 6.39. The summed E-state index contributed by atoms with van der Waals surface area (Å²) in [6.07, 6.45) is 1.89. The summed E-state index contributed by atoms with van der Waals surface area (Å²) >= 11 is 12.4. The van der Waals surface area contributed by atoms with Crippen LogP contribution in [0.1, 0.15) is 42.8 Å². The maximum Gasteiger partial charge on any atom is 0.257 e. The standard InChI is InChI=1S/C16H18Cl2N2O2/c1-4-6-9(2)19-16(21)13-10(3)22-20-15(13)14-11(17)7-5-8-12(14)18/h5,7-9H,4,6H2,1-3H3,(H,19,21)/t9-/m0/s1. The zero-order valence-corrected chi connectivity index (χ0v) is 14.3. The third-order valence-corrected chi connectivity index (χ3v) is 4.02. The molecule has 22 heavy (non-hydrogen) atoms. The van der Waals surface area contributed by atoms with Crippen LogP contribution in [0.2, 0.25) is 10.0 Å². The number of aryl methyl sites for hydroxylation is 1. The Kier molecular flexibility index (Phi) is 5.48. The van der Waals surface area contributed by atoms with Crippen molar-refractivity contribution >= 4 is 29.1 Å². The van der Waals surface area contributed by atoms with Crippen molar-refractivity contribution < 1.29 is 9.32 Å². The lowest BCUT2D eigenvalue weighted by molar-refractivity contribution is 0.0937. The van der Waals surface area contributed by atoms with Gasteiger partial charge in [-0.2, -0.15) is 0 Å². The van der Waals surface area contributed by atoms with E-state index >= 15 is 0 Å². The van der Waals surface area contributed by atoms with Crippen molar-refractivity contribution in [3.05, 3.63) is 39.6 Å². The van der Waals surface area contributed by atoms with Crippen molar-refractivity contribution in [2.24, 2.45) is 0 Å². The first-order chi connectivity index (χ1) is 10.5. The SMILES string of the molecule is CCC[C@H](C)NC(=O)c1c(-c2c(Cl)cccc2Cl)noc1C. The number of nitrogens with zero attached hydrogens (tertiary/aromatic N) is 1. The van der Waals surface area contributed by atoms with Gasteiger partial charge in [0.1, 0.15) is 17.0 Å². The van der Waals surface area contributed by atoms with Gasteiger partial charge in [0.2, 0.25) is 0 Å². The summed E-state index contributed by atoms with van der Waals surface area (Å²) in [5, 5.41) is 7.78. The van der Waals surface area contributed by atoms with Gasteiger partial charge in [0, 0.05) is 11.6 Å². The van der Waals surface area contributed by atoms with E-state index in [0.29, 0.717) is 32.6 Å². The van der Waals surface area contributed by atoms with E-state index in [0.717, 1.165) is 12.8 Å². The molecule has 0 fully saturated rings. The second kappa shape index (κ2) is 7.16. The molecule has 0 unspecified atom stereocenters. The Morgan fingerprint density at radius 2 is 2.00 bits per heavy atom. The molecular formula is C16H18Cl2N2O2. The molecule has 1 heterocycles. The number of carbonyl (C=O) groups excluding carboxylic acids is 1. The van der Waals surface area contributed by atoms with Crippen LogP contribution in [0.25, 0.3) is 11.3 Å². The second-order valence-electron chi connectivity index (χ2n) is 5.22. The Morgan fingerprint density at radius 3 is 2.59 bits per heavy atom. The van der Waals surface area contributed by atoms with Gasteiger partial charge in [0.25, 0.3) is 5.91 Å². The Morgan fingerprint density at radius 1 is 1.36 bits per heavy atom. The van der Waals surface area contributed by atoms with Gasteiger partial charge < -0.3 is 9.84 Å². The molecule has 2 aromatic rings. The maximum absolute atomic E-state index is 12.5. The lowest BCUT2D eigenvalue weighted by Crippen LogP contribution is -2.32. The van der Waals surface area contributed by atoms with Gasteiger partial charge in [-0.15, -0.1) is 0 Å². The number of hydrogen-bond acceptors (Lipinski definition) is 3. The van der Waals surface area contributed by atoms with Crippen LogP contribution in [0.3, 0.4) is 0 Å². The molecule has 1 aromatic heterocycles. The summed E-state index contributed by atoms with van der Waals surface area (Å²) in [5.74, 6) is 0.206. The Balaban J connectivity index is 2.42. The van der Waals surface area contributed by atoms with Crippen molar-refractivity contribution in [3.8, 4) is 11.3 Å². The van der Waals surface area contributed by atoms with E-state index < -0.39 is 0 Å². The molecule has 0 saturated heterocycles. The van der Waals surface area contributed by atoms with Crippen molar-refractivity contribution in [2.45, 2.75) is 39.7 Å². The predicted octanol–water partition coefficient (Wildman–Crippen LogP) is 4.88. The van der Waals surface area contributed by atoms with Gasteiger partial charge in [-0.05, 0) is 32.4 Å². The molecule has 6 heteroatoms. The van der Waals surface area contributed by atoms with Gasteiger partial charge in [0.15, 0.2) is 0 Å². The number of hydrogen-bond donors (Lipinski definition) is 1. The van der Waals surface area contributed by atoms with Crippen molar-refractivity contribution in [2.75, 3.05) is 0 Å². The average molecular weight is 341 g/mol. The van der Waals surface area contributed by atoms with Crippen LogP contribution in [0.5, 0.6) is 0 Å². The first-order valence-electron chi connectivity index (χ1n) is 7.17. The van der Waals surface area contributed by atoms with Crippen molar-refractivity contribution in [1.29, 1.82) is 0 Å². The smallest absolute Gasteiger partial charge is 0.257 e. The van der Waals surface area contributed by atoms with Crippen LogP contribution in [-0.4, -0.2) is 17.1 Å². The molecule has 1 atom stereocenters. The molecule has 0 radical (unpaired) electrons. The molecule has 1 amide bonds. The van der Waals surface area contributed by atoms with Crippen molar-refractivity contribution in [1.82, 2.24) is 10.5 Å². The first kappa shape index (κ1) is 16.8. The van der Waals surface area contributed by atoms with Crippen LogP contribution in [0.4, 0.5) is 0 Å². The molecule has 0 spiro atoms. The Labute approximate surface area is 139 Å². The fraction of sp³-hybridized carbons (Fsp3) is 0.375. The van der Waals surface area contributed by atoms with Gasteiger partial charge in [-0.3, -0.25) is 4.79 Å². The molecule has 0 bridgehead atoms. The van der Waals surface area contributed by atoms with Crippen LogP contribution < -0.4 is 5.32 Å². The van der Waals surface area contributed by atoms with E-state index in [1.54, 1.807) is 25.1 Å². The normalized spacial score (nSPS) is 12.2. The lowest BCUT2D eigenvalue weighted by Gasteiger charge is -2.13. The zero-order valence-electron chi connectivity index (χ0n) is 12.7. The summed E-state index contributed by atoms with van der Waals surface area (Å²) in [5.41, 5.74) is 1.25. The molecule has 0 aliphatic rings. The third kappa shape index (κ3) is 3.45.